The van der Waals surface area contributed by atoms with Gasteiger partial charge in [0.15, 0.2) is 5.76 Å². The quantitative estimate of drug-likeness (QED) is 0.711. The van der Waals surface area contributed by atoms with Crippen molar-refractivity contribution in [3.8, 4) is 0 Å². The fraction of sp³-hybridized carbons (Fsp3) is 0.381. The summed E-state index contributed by atoms with van der Waals surface area (Å²) in [5.74, 6) is -3.91. The van der Waals surface area contributed by atoms with Gasteiger partial charge in [-0.3, -0.25) is 9.69 Å². The maximum atomic E-state index is 12.5. The molecule has 1 aliphatic rings. The summed E-state index contributed by atoms with van der Waals surface area (Å²) in [6.45, 7) is 1.16. The second-order valence-electron chi connectivity index (χ2n) is 7.21. The number of carbonyl (C=O) groups excluding carboxylic acids is 1. The number of hydrogen-bond donors (Lipinski definition) is 2. The molecule has 1 aromatic carbocycles. The minimum atomic E-state index is -5.08. The van der Waals surface area contributed by atoms with Crippen molar-refractivity contribution in [1.82, 2.24) is 9.80 Å². The molecule has 3 rings (SSSR count). The number of halogens is 3. The van der Waals surface area contributed by atoms with E-state index in [0.717, 1.165) is 13.0 Å². The van der Waals surface area contributed by atoms with E-state index in [1.165, 1.54) is 16.7 Å². The molecule has 0 bridgehead atoms. The highest BCUT2D eigenvalue weighted by molar-refractivity contribution is 5.94. The summed E-state index contributed by atoms with van der Waals surface area (Å²) >= 11 is 0. The molecule has 1 aromatic heterocycles. The number of amides is 1. The highest BCUT2D eigenvalue weighted by Crippen LogP contribution is 2.24. The summed E-state index contributed by atoms with van der Waals surface area (Å²) in [7, 11) is 2.00. The van der Waals surface area contributed by atoms with Crippen molar-refractivity contribution in [2.45, 2.75) is 37.6 Å². The molecule has 11 heteroatoms. The number of carboxylic acid groups (broad SMARTS) is 2. The van der Waals surface area contributed by atoms with Crippen LogP contribution in [-0.2, 0) is 16.1 Å². The van der Waals surface area contributed by atoms with Crippen LogP contribution in [0.2, 0.25) is 0 Å². The summed E-state index contributed by atoms with van der Waals surface area (Å²) in [5.41, 5.74) is 1.19. The number of nitrogens with zero attached hydrogens (tertiary/aromatic N) is 2. The van der Waals surface area contributed by atoms with Gasteiger partial charge < -0.3 is 19.5 Å². The molecule has 8 nitrogen and oxygen atoms in total. The topological polar surface area (TPSA) is 111 Å². The van der Waals surface area contributed by atoms with Crippen molar-refractivity contribution in [3.63, 3.8) is 0 Å². The van der Waals surface area contributed by atoms with E-state index in [0.29, 0.717) is 13.0 Å². The monoisotopic (exact) mass is 456 g/mol. The molecular weight excluding hydrogens is 433 g/mol. The van der Waals surface area contributed by atoms with E-state index < -0.39 is 24.2 Å². The normalized spacial score (nSPS) is 18.6. The molecule has 2 atom stereocenters. The number of furan rings is 1. The fourth-order valence-corrected chi connectivity index (χ4v) is 3.37. The predicted molar refractivity (Wildman–Crippen MR) is 106 cm³/mol. The van der Waals surface area contributed by atoms with Crippen LogP contribution in [0.15, 0.2) is 53.1 Å². The van der Waals surface area contributed by atoms with E-state index in [9.17, 15) is 27.9 Å². The van der Waals surface area contributed by atoms with Crippen molar-refractivity contribution in [3.05, 3.63) is 60.1 Å². The summed E-state index contributed by atoms with van der Waals surface area (Å²) < 4.78 is 36.9. The van der Waals surface area contributed by atoms with E-state index in [1.54, 1.807) is 12.1 Å². The lowest BCUT2D eigenvalue weighted by molar-refractivity contribution is -0.192. The third-order valence-electron chi connectivity index (χ3n) is 4.99. The van der Waals surface area contributed by atoms with Gasteiger partial charge in [-0.1, -0.05) is 30.3 Å². The fourth-order valence-electron chi connectivity index (χ4n) is 3.37. The number of carbonyl (C=O) groups is 3. The molecular formula is C21H23F3N2O6. The number of likely N-dealkylation sites (tertiary alicyclic amines) is 1. The summed E-state index contributed by atoms with van der Waals surface area (Å²) in [6.07, 6.45) is -2.52. The lowest BCUT2D eigenvalue weighted by Crippen LogP contribution is -2.54. The van der Waals surface area contributed by atoms with Crippen LogP contribution < -0.4 is 0 Å². The first kappa shape index (κ1) is 24.9. The Bertz CT molecular complexity index is 902. The zero-order valence-corrected chi connectivity index (χ0v) is 17.2. The third kappa shape index (κ3) is 6.84. The lowest BCUT2D eigenvalue weighted by Gasteiger charge is -2.40. The zero-order valence-electron chi connectivity index (χ0n) is 17.2. The van der Waals surface area contributed by atoms with Crippen LogP contribution in [0.1, 0.15) is 29.0 Å². The Kier molecular flexibility index (Phi) is 8.41. The van der Waals surface area contributed by atoms with Gasteiger partial charge in [0.2, 0.25) is 0 Å². The molecule has 0 spiro atoms. The first-order valence-corrected chi connectivity index (χ1v) is 9.62. The molecule has 1 fully saturated rings. The van der Waals surface area contributed by atoms with Crippen molar-refractivity contribution < 1.29 is 42.2 Å². The number of benzene rings is 1. The van der Waals surface area contributed by atoms with Crippen LogP contribution in [0.3, 0.4) is 0 Å². The minimum absolute atomic E-state index is 0.113. The molecule has 1 saturated heterocycles. The molecule has 2 N–H and O–H groups in total. The van der Waals surface area contributed by atoms with Crippen LogP contribution in [0.5, 0.6) is 0 Å². The van der Waals surface area contributed by atoms with Gasteiger partial charge in [-0.15, -0.1) is 0 Å². The van der Waals surface area contributed by atoms with Crippen molar-refractivity contribution in [1.29, 1.82) is 0 Å². The lowest BCUT2D eigenvalue weighted by atomic mass is 9.95. The van der Waals surface area contributed by atoms with Crippen molar-refractivity contribution in [2.24, 2.45) is 0 Å². The van der Waals surface area contributed by atoms with Crippen LogP contribution in [0, 0.1) is 0 Å². The molecule has 1 amide bonds. The molecule has 0 saturated carbocycles. The second-order valence-corrected chi connectivity index (χ2v) is 7.21. The molecule has 1 aliphatic heterocycles. The highest BCUT2D eigenvalue weighted by atomic mass is 19.4. The van der Waals surface area contributed by atoms with Crippen LogP contribution >= 0.6 is 0 Å². The Hall–Kier alpha value is -3.34. The van der Waals surface area contributed by atoms with Crippen LogP contribution in [0.25, 0.3) is 0 Å². The van der Waals surface area contributed by atoms with Gasteiger partial charge in [0, 0.05) is 19.1 Å². The van der Waals surface area contributed by atoms with Gasteiger partial charge in [-0.05, 0) is 37.6 Å². The third-order valence-corrected chi connectivity index (χ3v) is 4.99. The van der Waals surface area contributed by atoms with E-state index >= 15 is 0 Å². The van der Waals surface area contributed by atoms with Gasteiger partial charge in [0.25, 0.3) is 5.91 Å². The van der Waals surface area contributed by atoms with Crippen LogP contribution in [-0.4, -0.2) is 69.7 Å². The predicted octanol–water partition coefficient (Wildman–Crippen LogP) is 3.10. The second kappa shape index (κ2) is 10.8. The smallest absolute Gasteiger partial charge is 0.480 e. The zero-order chi connectivity index (χ0) is 23.9. The number of alkyl halides is 3. The Balaban J connectivity index is 0.000000451. The average molecular weight is 456 g/mol. The van der Waals surface area contributed by atoms with E-state index in [1.807, 2.05) is 25.2 Å². The molecule has 174 valence electrons. The number of rotatable bonds is 5. The first-order valence-electron chi connectivity index (χ1n) is 9.62. The van der Waals surface area contributed by atoms with Gasteiger partial charge in [0.05, 0.1) is 6.26 Å². The van der Waals surface area contributed by atoms with Gasteiger partial charge in [-0.25, -0.2) is 9.59 Å². The van der Waals surface area contributed by atoms with E-state index in [-0.39, 0.29) is 17.7 Å². The maximum Gasteiger partial charge on any atom is 0.490 e. The molecule has 2 aromatic rings. The van der Waals surface area contributed by atoms with Gasteiger partial charge in [0.1, 0.15) is 6.04 Å². The average Bonchev–Trinajstić information content (AvgIpc) is 3.28. The van der Waals surface area contributed by atoms with E-state index in [4.69, 9.17) is 14.3 Å². The Labute approximate surface area is 181 Å². The SMILES string of the molecule is CN(Cc1ccccc1)C1CCN(C(=O)c2ccco2)C(C(=O)O)C1.O=C(O)C(F)(F)F. The molecule has 0 aliphatic carbocycles. The van der Waals surface area contributed by atoms with Gasteiger partial charge >= 0.3 is 18.1 Å². The molecule has 2 heterocycles. The Morgan fingerprint density at radius 1 is 1.12 bits per heavy atom. The summed E-state index contributed by atoms with van der Waals surface area (Å²) in [6, 6.07) is 12.5. The standard InChI is InChI=1S/C19H22N2O4.C2HF3O2/c1-20(13-14-6-3-2-4-7-14)15-9-10-21(16(12-15)19(23)24)18(22)17-8-5-11-25-17;3-2(4,5)1(6)7/h2-8,11,15-16H,9-10,12-13H2,1H3,(H,23,24);(H,6,7). The first-order chi connectivity index (χ1) is 15.0. The highest BCUT2D eigenvalue weighted by Gasteiger charge is 2.39. The number of piperidine rings is 1. The Morgan fingerprint density at radius 3 is 2.25 bits per heavy atom. The number of hydrogen-bond acceptors (Lipinski definition) is 5. The Morgan fingerprint density at radius 2 is 1.75 bits per heavy atom. The summed E-state index contributed by atoms with van der Waals surface area (Å²) in [5, 5.41) is 16.7. The van der Waals surface area contributed by atoms with Crippen molar-refractivity contribution >= 4 is 17.8 Å². The minimum Gasteiger partial charge on any atom is -0.480 e. The molecule has 0 radical (unpaired) electrons. The maximum absolute atomic E-state index is 12.5. The molecule has 32 heavy (non-hydrogen) atoms. The van der Waals surface area contributed by atoms with Gasteiger partial charge in [-0.2, -0.15) is 13.2 Å². The largest absolute Gasteiger partial charge is 0.490 e. The number of carboxylic acids is 2. The van der Waals surface area contributed by atoms with E-state index in [2.05, 4.69) is 17.0 Å². The van der Waals surface area contributed by atoms with Crippen LogP contribution in [0.4, 0.5) is 13.2 Å². The van der Waals surface area contributed by atoms with Crippen molar-refractivity contribution in [2.75, 3.05) is 13.6 Å². The number of aliphatic carboxylic acids is 2. The summed E-state index contributed by atoms with van der Waals surface area (Å²) in [4.78, 5) is 36.7. The molecule has 2 unspecified atom stereocenters.